The lowest BCUT2D eigenvalue weighted by Gasteiger charge is -2.33. The fourth-order valence-electron chi connectivity index (χ4n) is 3.80. The summed E-state index contributed by atoms with van der Waals surface area (Å²) in [6.07, 6.45) is 1.51. The van der Waals surface area contributed by atoms with E-state index in [0.29, 0.717) is 31.9 Å². The summed E-state index contributed by atoms with van der Waals surface area (Å²) in [6.45, 7) is 8.76. The van der Waals surface area contributed by atoms with E-state index < -0.39 is 0 Å². The first-order valence-corrected chi connectivity index (χ1v) is 11.6. The summed E-state index contributed by atoms with van der Waals surface area (Å²) in [7, 11) is 0. The highest BCUT2D eigenvalue weighted by Crippen LogP contribution is 2.35. The summed E-state index contributed by atoms with van der Waals surface area (Å²) in [5, 5.41) is 9.20. The van der Waals surface area contributed by atoms with Crippen molar-refractivity contribution in [2.45, 2.75) is 26.3 Å². The Kier molecular flexibility index (Phi) is 5.32. The maximum Gasteiger partial charge on any atom is 0.289 e. The van der Waals surface area contributed by atoms with Crippen LogP contribution in [0.4, 0.5) is 15.3 Å². The van der Waals surface area contributed by atoms with Crippen LogP contribution in [0.25, 0.3) is 16.2 Å². The average Bonchev–Trinajstić information content (AvgIpc) is 3.51. The number of carbonyl (C=O) groups is 1. The standard InChI is InChI=1S/C23H25FN6O2S/c1-23(2,3)26-19-18(15-6-8-16(24)9-7-15)25-21-30(19)27-22(33-21)29-12-10-28(11-13-29)20(31)17-5-4-14-32-17/h4-9,14,26H,10-13H2,1-3H3. The second-order valence-electron chi connectivity index (χ2n) is 9.03. The zero-order chi connectivity index (χ0) is 23.2. The van der Waals surface area contributed by atoms with Gasteiger partial charge in [0.25, 0.3) is 5.91 Å². The molecule has 0 unspecified atom stereocenters. The van der Waals surface area contributed by atoms with E-state index in [1.54, 1.807) is 29.2 Å². The molecule has 1 aromatic carbocycles. The molecule has 1 amide bonds. The molecule has 3 aromatic heterocycles. The highest BCUT2D eigenvalue weighted by molar-refractivity contribution is 7.20. The van der Waals surface area contributed by atoms with Gasteiger partial charge in [0.05, 0.1) is 6.26 Å². The van der Waals surface area contributed by atoms with Gasteiger partial charge in [-0.1, -0.05) is 11.3 Å². The van der Waals surface area contributed by atoms with E-state index >= 15 is 0 Å². The molecular formula is C23H25FN6O2S. The summed E-state index contributed by atoms with van der Waals surface area (Å²) >= 11 is 1.50. The van der Waals surface area contributed by atoms with Crippen LogP contribution in [0, 0.1) is 5.82 Å². The van der Waals surface area contributed by atoms with Gasteiger partial charge in [0.2, 0.25) is 10.1 Å². The predicted molar refractivity (Wildman–Crippen MR) is 126 cm³/mol. The molecule has 33 heavy (non-hydrogen) atoms. The highest BCUT2D eigenvalue weighted by Gasteiger charge is 2.27. The van der Waals surface area contributed by atoms with E-state index in [9.17, 15) is 9.18 Å². The number of anilines is 2. The smallest absolute Gasteiger partial charge is 0.289 e. The Morgan fingerprint density at radius 2 is 1.85 bits per heavy atom. The van der Waals surface area contributed by atoms with Gasteiger partial charge in [0, 0.05) is 37.3 Å². The van der Waals surface area contributed by atoms with Crippen molar-refractivity contribution in [3.05, 3.63) is 54.2 Å². The summed E-state index contributed by atoms with van der Waals surface area (Å²) in [5.41, 5.74) is 1.35. The van der Waals surface area contributed by atoms with Crippen LogP contribution in [-0.4, -0.2) is 57.1 Å². The number of imidazole rings is 1. The van der Waals surface area contributed by atoms with Crippen LogP contribution in [0.15, 0.2) is 47.1 Å². The van der Waals surface area contributed by atoms with E-state index in [4.69, 9.17) is 14.5 Å². The molecule has 1 aliphatic heterocycles. The molecule has 0 aliphatic carbocycles. The van der Waals surface area contributed by atoms with Crippen molar-refractivity contribution in [1.29, 1.82) is 0 Å². The second-order valence-corrected chi connectivity index (χ2v) is 9.96. The molecule has 4 aromatic rings. The van der Waals surface area contributed by atoms with Gasteiger partial charge in [-0.2, -0.15) is 4.52 Å². The average molecular weight is 469 g/mol. The first-order valence-electron chi connectivity index (χ1n) is 10.8. The summed E-state index contributed by atoms with van der Waals surface area (Å²) < 4.78 is 20.5. The van der Waals surface area contributed by atoms with Gasteiger partial charge >= 0.3 is 0 Å². The van der Waals surface area contributed by atoms with Crippen LogP contribution >= 0.6 is 11.3 Å². The Labute approximate surface area is 194 Å². The molecule has 1 saturated heterocycles. The normalized spacial score (nSPS) is 14.8. The van der Waals surface area contributed by atoms with Crippen molar-refractivity contribution < 1.29 is 13.6 Å². The third kappa shape index (κ3) is 4.30. The number of hydrogen-bond acceptors (Lipinski definition) is 7. The minimum absolute atomic E-state index is 0.0887. The first kappa shape index (κ1) is 21.4. The maximum atomic E-state index is 13.4. The molecule has 0 radical (unpaired) electrons. The molecule has 4 heterocycles. The lowest BCUT2D eigenvalue weighted by molar-refractivity contribution is 0.0714. The number of benzene rings is 1. The number of nitrogens with one attached hydrogen (secondary N) is 1. The number of aromatic nitrogens is 3. The van der Waals surface area contributed by atoms with Crippen LogP contribution in [0.3, 0.4) is 0 Å². The van der Waals surface area contributed by atoms with E-state index in [0.717, 1.165) is 27.2 Å². The summed E-state index contributed by atoms with van der Waals surface area (Å²) in [5.74, 6) is 0.769. The number of fused-ring (bicyclic) bond motifs is 1. The fourth-order valence-corrected chi connectivity index (χ4v) is 4.75. The van der Waals surface area contributed by atoms with Gasteiger partial charge in [-0.25, -0.2) is 9.37 Å². The molecular weight excluding hydrogens is 443 g/mol. The molecule has 0 atom stereocenters. The highest BCUT2D eigenvalue weighted by atomic mass is 32.1. The molecule has 5 rings (SSSR count). The minimum Gasteiger partial charge on any atom is -0.459 e. The lowest BCUT2D eigenvalue weighted by Crippen LogP contribution is -2.48. The third-order valence-electron chi connectivity index (χ3n) is 5.37. The number of piperazine rings is 1. The van der Waals surface area contributed by atoms with Gasteiger partial charge in [-0.3, -0.25) is 4.79 Å². The molecule has 1 N–H and O–H groups in total. The van der Waals surface area contributed by atoms with Crippen LogP contribution in [0.1, 0.15) is 31.3 Å². The van der Waals surface area contributed by atoms with Gasteiger partial charge in [-0.05, 0) is 57.2 Å². The Balaban J connectivity index is 1.40. The Morgan fingerprint density at radius 1 is 1.12 bits per heavy atom. The van der Waals surface area contributed by atoms with Crippen molar-refractivity contribution in [3.8, 4) is 11.3 Å². The van der Waals surface area contributed by atoms with Crippen molar-refractivity contribution in [1.82, 2.24) is 19.5 Å². The van der Waals surface area contributed by atoms with E-state index in [2.05, 4.69) is 31.0 Å². The summed E-state index contributed by atoms with van der Waals surface area (Å²) in [4.78, 5) is 22.1. The van der Waals surface area contributed by atoms with Gasteiger partial charge < -0.3 is 19.5 Å². The topological polar surface area (TPSA) is 78.9 Å². The van der Waals surface area contributed by atoms with E-state index in [1.165, 1.54) is 29.7 Å². The molecule has 0 saturated carbocycles. The van der Waals surface area contributed by atoms with E-state index in [-0.39, 0.29) is 17.3 Å². The quantitative estimate of drug-likeness (QED) is 0.479. The Morgan fingerprint density at radius 3 is 2.48 bits per heavy atom. The molecule has 0 spiro atoms. The second kappa shape index (κ2) is 8.18. The van der Waals surface area contributed by atoms with Crippen LogP contribution < -0.4 is 10.2 Å². The predicted octanol–water partition coefficient (Wildman–Crippen LogP) is 4.36. The summed E-state index contributed by atoms with van der Waals surface area (Å²) in [6, 6.07) is 9.74. The monoisotopic (exact) mass is 468 g/mol. The van der Waals surface area contributed by atoms with Crippen molar-refractivity contribution >= 4 is 33.2 Å². The van der Waals surface area contributed by atoms with Crippen LogP contribution in [-0.2, 0) is 0 Å². The Bertz CT molecular complexity index is 1270. The number of rotatable bonds is 4. The Hall–Kier alpha value is -3.40. The van der Waals surface area contributed by atoms with Gasteiger partial charge in [0.15, 0.2) is 11.6 Å². The zero-order valence-corrected chi connectivity index (χ0v) is 19.5. The number of carbonyl (C=O) groups excluding carboxylic acids is 1. The fraction of sp³-hybridized carbons (Fsp3) is 0.348. The van der Waals surface area contributed by atoms with Crippen molar-refractivity contribution in [2.24, 2.45) is 0 Å². The van der Waals surface area contributed by atoms with Crippen LogP contribution in [0.5, 0.6) is 0 Å². The SMILES string of the molecule is CC(C)(C)Nc1c(-c2ccc(F)cc2)nc2sc(N3CCN(C(=O)c4ccco4)CC3)nn12. The van der Waals surface area contributed by atoms with Crippen molar-refractivity contribution in [3.63, 3.8) is 0 Å². The van der Waals surface area contributed by atoms with E-state index in [1.807, 2.05) is 4.52 Å². The largest absolute Gasteiger partial charge is 0.459 e. The zero-order valence-electron chi connectivity index (χ0n) is 18.7. The third-order valence-corrected chi connectivity index (χ3v) is 6.34. The van der Waals surface area contributed by atoms with Crippen LogP contribution in [0.2, 0.25) is 0 Å². The molecule has 8 nitrogen and oxygen atoms in total. The molecule has 10 heteroatoms. The molecule has 0 bridgehead atoms. The maximum absolute atomic E-state index is 13.4. The lowest BCUT2D eigenvalue weighted by atomic mass is 10.1. The molecule has 172 valence electrons. The molecule has 1 fully saturated rings. The molecule has 1 aliphatic rings. The van der Waals surface area contributed by atoms with Gasteiger partial charge in [-0.15, -0.1) is 5.10 Å². The van der Waals surface area contributed by atoms with Gasteiger partial charge in [0.1, 0.15) is 11.5 Å². The number of furan rings is 1. The number of halogens is 1. The first-order chi connectivity index (χ1) is 15.8. The van der Waals surface area contributed by atoms with Crippen molar-refractivity contribution in [2.75, 3.05) is 36.4 Å². The number of nitrogens with zero attached hydrogens (tertiary/aromatic N) is 5. The number of amides is 1. The minimum atomic E-state index is -0.282. The number of hydrogen-bond donors (Lipinski definition) is 1.